The highest BCUT2D eigenvalue weighted by Gasteiger charge is 2.08. The molecule has 0 amide bonds. The number of nitrogens with zero attached hydrogens (tertiary/aromatic N) is 2. The highest BCUT2D eigenvalue weighted by molar-refractivity contribution is 5.54. The molecule has 0 bridgehead atoms. The van der Waals surface area contributed by atoms with Gasteiger partial charge in [0.1, 0.15) is 0 Å². The zero-order valence-corrected chi connectivity index (χ0v) is 12.6. The third-order valence-electron chi connectivity index (χ3n) is 3.34. The third kappa shape index (κ3) is 3.81. The van der Waals surface area contributed by atoms with Crippen molar-refractivity contribution in [3.8, 4) is 0 Å². The molecule has 0 aliphatic rings. The zero-order chi connectivity index (χ0) is 14.4. The molecule has 0 unspecified atom stereocenters. The van der Waals surface area contributed by atoms with Gasteiger partial charge in [-0.3, -0.25) is 4.98 Å². The first-order chi connectivity index (χ1) is 9.70. The highest BCUT2D eigenvalue weighted by atomic mass is 15.1. The Hall–Kier alpha value is -1.87. The minimum absolute atomic E-state index is 0.822. The Morgan fingerprint density at radius 1 is 1.20 bits per heavy atom. The molecule has 2 aromatic rings. The summed E-state index contributed by atoms with van der Waals surface area (Å²) < 4.78 is 0. The summed E-state index contributed by atoms with van der Waals surface area (Å²) in [6.07, 6.45) is 1.85. The van der Waals surface area contributed by atoms with Gasteiger partial charge in [-0.2, -0.15) is 0 Å². The van der Waals surface area contributed by atoms with Crippen LogP contribution in [0.1, 0.15) is 23.7 Å². The summed E-state index contributed by atoms with van der Waals surface area (Å²) in [6.45, 7) is 6.98. The van der Waals surface area contributed by atoms with Gasteiger partial charge in [0.25, 0.3) is 0 Å². The molecular formula is C17H23N3. The number of hydrogen-bond acceptors (Lipinski definition) is 3. The second-order valence-corrected chi connectivity index (χ2v) is 5.09. The molecule has 3 nitrogen and oxygen atoms in total. The van der Waals surface area contributed by atoms with E-state index in [0.717, 1.165) is 25.3 Å². The first kappa shape index (κ1) is 14.5. The van der Waals surface area contributed by atoms with Crippen molar-refractivity contribution in [2.24, 2.45) is 0 Å². The molecule has 1 aromatic carbocycles. The molecule has 0 radical (unpaired) electrons. The van der Waals surface area contributed by atoms with Gasteiger partial charge in [-0.1, -0.05) is 30.7 Å². The highest BCUT2D eigenvalue weighted by Crippen LogP contribution is 2.22. The number of pyridine rings is 1. The predicted molar refractivity (Wildman–Crippen MR) is 84.9 cm³/mol. The van der Waals surface area contributed by atoms with Gasteiger partial charge in [0, 0.05) is 25.5 Å². The van der Waals surface area contributed by atoms with E-state index < -0.39 is 0 Å². The Kier molecular flexibility index (Phi) is 5.13. The summed E-state index contributed by atoms with van der Waals surface area (Å²) >= 11 is 0. The topological polar surface area (TPSA) is 28.2 Å². The van der Waals surface area contributed by atoms with Crippen LogP contribution in [0.3, 0.4) is 0 Å². The van der Waals surface area contributed by atoms with Crippen molar-refractivity contribution < 1.29 is 0 Å². The van der Waals surface area contributed by atoms with Gasteiger partial charge in [0.15, 0.2) is 0 Å². The average molecular weight is 269 g/mol. The van der Waals surface area contributed by atoms with E-state index in [9.17, 15) is 0 Å². The van der Waals surface area contributed by atoms with Gasteiger partial charge in [-0.15, -0.1) is 0 Å². The lowest BCUT2D eigenvalue weighted by molar-refractivity contribution is 0.722. The quantitative estimate of drug-likeness (QED) is 0.873. The molecule has 1 aromatic heterocycles. The van der Waals surface area contributed by atoms with E-state index in [1.54, 1.807) is 0 Å². The molecule has 0 spiro atoms. The molecule has 0 fully saturated rings. The van der Waals surface area contributed by atoms with Crippen molar-refractivity contribution in [2.45, 2.75) is 26.9 Å². The standard InChI is InChI=1S/C17H23N3/c1-4-18-12-15-11-14(2)8-9-17(15)20(3)13-16-7-5-6-10-19-16/h5-11,18H,4,12-13H2,1-3H3. The van der Waals surface area contributed by atoms with Crippen LogP contribution >= 0.6 is 0 Å². The average Bonchev–Trinajstić information content (AvgIpc) is 2.46. The van der Waals surface area contributed by atoms with Crippen molar-refractivity contribution >= 4 is 5.69 Å². The van der Waals surface area contributed by atoms with Crippen LogP contribution in [0, 0.1) is 6.92 Å². The van der Waals surface area contributed by atoms with E-state index in [1.165, 1.54) is 16.8 Å². The van der Waals surface area contributed by atoms with E-state index >= 15 is 0 Å². The lowest BCUT2D eigenvalue weighted by Crippen LogP contribution is -2.21. The number of nitrogens with one attached hydrogen (secondary N) is 1. The predicted octanol–water partition coefficient (Wildman–Crippen LogP) is 3.14. The molecule has 0 saturated carbocycles. The maximum absolute atomic E-state index is 4.40. The van der Waals surface area contributed by atoms with Crippen LogP contribution in [0.25, 0.3) is 0 Å². The van der Waals surface area contributed by atoms with E-state index in [4.69, 9.17) is 0 Å². The Labute approximate surface area is 121 Å². The van der Waals surface area contributed by atoms with E-state index in [1.807, 2.05) is 18.3 Å². The Balaban J connectivity index is 2.18. The number of rotatable bonds is 6. The Morgan fingerprint density at radius 3 is 2.75 bits per heavy atom. The summed E-state index contributed by atoms with van der Waals surface area (Å²) in [5.74, 6) is 0. The summed E-state index contributed by atoms with van der Waals surface area (Å²) in [7, 11) is 2.12. The molecule has 0 aliphatic heterocycles. The SMILES string of the molecule is CCNCc1cc(C)ccc1N(C)Cc1ccccn1. The van der Waals surface area contributed by atoms with Crippen LogP contribution < -0.4 is 10.2 Å². The minimum atomic E-state index is 0.822. The normalized spacial score (nSPS) is 10.6. The van der Waals surface area contributed by atoms with Crippen LogP contribution in [0.5, 0.6) is 0 Å². The number of aryl methyl sites for hydroxylation is 1. The zero-order valence-electron chi connectivity index (χ0n) is 12.6. The monoisotopic (exact) mass is 269 g/mol. The van der Waals surface area contributed by atoms with Crippen molar-refractivity contribution in [3.05, 3.63) is 59.4 Å². The van der Waals surface area contributed by atoms with Crippen molar-refractivity contribution in [2.75, 3.05) is 18.5 Å². The number of aromatic nitrogens is 1. The number of anilines is 1. The van der Waals surface area contributed by atoms with Gasteiger partial charge in [0.2, 0.25) is 0 Å². The van der Waals surface area contributed by atoms with E-state index in [2.05, 4.69) is 60.4 Å². The van der Waals surface area contributed by atoms with Crippen molar-refractivity contribution in [3.63, 3.8) is 0 Å². The lowest BCUT2D eigenvalue weighted by atomic mass is 10.1. The van der Waals surface area contributed by atoms with Crippen LogP contribution in [-0.2, 0) is 13.1 Å². The van der Waals surface area contributed by atoms with Crippen LogP contribution in [0.2, 0.25) is 0 Å². The molecule has 1 N–H and O–H groups in total. The second-order valence-electron chi connectivity index (χ2n) is 5.09. The first-order valence-electron chi connectivity index (χ1n) is 7.12. The van der Waals surface area contributed by atoms with Gasteiger partial charge in [0.05, 0.1) is 12.2 Å². The summed E-state index contributed by atoms with van der Waals surface area (Å²) in [5.41, 5.74) is 4.99. The fraction of sp³-hybridized carbons (Fsp3) is 0.353. The third-order valence-corrected chi connectivity index (χ3v) is 3.34. The molecule has 1 heterocycles. The summed E-state index contributed by atoms with van der Waals surface area (Å²) in [4.78, 5) is 6.65. The molecule has 0 saturated heterocycles. The van der Waals surface area contributed by atoms with Crippen LogP contribution in [0.15, 0.2) is 42.6 Å². The molecule has 106 valence electrons. The van der Waals surface area contributed by atoms with Crippen molar-refractivity contribution in [1.82, 2.24) is 10.3 Å². The fourth-order valence-electron chi connectivity index (χ4n) is 2.31. The molecular weight excluding hydrogens is 246 g/mol. The molecule has 0 aliphatic carbocycles. The number of benzene rings is 1. The molecule has 2 rings (SSSR count). The number of hydrogen-bond donors (Lipinski definition) is 1. The first-order valence-corrected chi connectivity index (χ1v) is 7.12. The van der Waals surface area contributed by atoms with Gasteiger partial charge in [-0.05, 0) is 37.2 Å². The maximum atomic E-state index is 4.40. The van der Waals surface area contributed by atoms with Gasteiger partial charge < -0.3 is 10.2 Å². The maximum Gasteiger partial charge on any atom is 0.0598 e. The smallest absolute Gasteiger partial charge is 0.0598 e. The molecule has 3 heteroatoms. The van der Waals surface area contributed by atoms with E-state index in [-0.39, 0.29) is 0 Å². The van der Waals surface area contributed by atoms with Gasteiger partial charge in [-0.25, -0.2) is 0 Å². The minimum Gasteiger partial charge on any atom is -0.368 e. The lowest BCUT2D eigenvalue weighted by Gasteiger charge is -2.23. The second kappa shape index (κ2) is 7.06. The van der Waals surface area contributed by atoms with Gasteiger partial charge >= 0.3 is 0 Å². The summed E-state index contributed by atoms with van der Waals surface area (Å²) in [6, 6.07) is 12.7. The summed E-state index contributed by atoms with van der Waals surface area (Å²) in [5, 5.41) is 3.41. The Bertz CT molecular complexity index is 537. The molecule has 20 heavy (non-hydrogen) atoms. The Morgan fingerprint density at radius 2 is 2.05 bits per heavy atom. The molecule has 0 atom stereocenters. The van der Waals surface area contributed by atoms with E-state index in [0.29, 0.717) is 0 Å². The van der Waals surface area contributed by atoms with Crippen LogP contribution in [-0.4, -0.2) is 18.6 Å². The largest absolute Gasteiger partial charge is 0.368 e. The van der Waals surface area contributed by atoms with Crippen LogP contribution in [0.4, 0.5) is 5.69 Å². The van der Waals surface area contributed by atoms with Crippen molar-refractivity contribution in [1.29, 1.82) is 0 Å². The fourth-order valence-corrected chi connectivity index (χ4v) is 2.31.